The summed E-state index contributed by atoms with van der Waals surface area (Å²) in [5, 5.41) is 0. The number of methoxy groups -OCH3 is 1. The molecule has 3 N–H and O–H groups in total. The van der Waals surface area contributed by atoms with Crippen LogP contribution < -0.4 is 16.0 Å². The lowest BCUT2D eigenvalue weighted by Crippen LogP contribution is -2.39. The number of aryl methyl sites for hydroxylation is 1. The van der Waals surface area contributed by atoms with Crippen LogP contribution in [0.5, 0.6) is 5.75 Å². The molecular formula is C11H16N2O. The van der Waals surface area contributed by atoms with Gasteiger partial charge in [0.2, 0.25) is 0 Å². The second-order valence-corrected chi connectivity index (χ2v) is 3.74. The van der Waals surface area contributed by atoms with Crippen LogP contribution >= 0.6 is 0 Å². The molecule has 1 aliphatic carbocycles. The van der Waals surface area contributed by atoms with Gasteiger partial charge in [-0.3, -0.25) is 11.3 Å². The summed E-state index contributed by atoms with van der Waals surface area (Å²) >= 11 is 0. The smallest absolute Gasteiger partial charge is 0.119 e. The molecule has 0 aliphatic heterocycles. The Balaban J connectivity index is 2.25. The summed E-state index contributed by atoms with van der Waals surface area (Å²) < 4.78 is 5.20. The van der Waals surface area contributed by atoms with Crippen LogP contribution in [-0.4, -0.2) is 13.2 Å². The van der Waals surface area contributed by atoms with E-state index in [-0.39, 0.29) is 0 Å². The van der Waals surface area contributed by atoms with Crippen molar-refractivity contribution in [1.29, 1.82) is 0 Å². The topological polar surface area (TPSA) is 47.3 Å². The monoisotopic (exact) mass is 192 g/mol. The summed E-state index contributed by atoms with van der Waals surface area (Å²) in [6, 6.07) is 6.70. The number of hydrogen-bond acceptors (Lipinski definition) is 3. The van der Waals surface area contributed by atoms with Crippen LogP contribution in [0.3, 0.4) is 0 Å². The molecule has 2 rings (SSSR count). The van der Waals surface area contributed by atoms with Crippen LogP contribution in [0.2, 0.25) is 0 Å². The van der Waals surface area contributed by atoms with E-state index in [4.69, 9.17) is 10.6 Å². The molecule has 0 saturated heterocycles. The maximum atomic E-state index is 5.45. The Kier molecular flexibility index (Phi) is 2.70. The van der Waals surface area contributed by atoms with Gasteiger partial charge in [-0.15, -0.1) is 0 Å². The highest BCUT2D eigenvalue weighted by Gasteiger charge is 2.17. The van der Waals surface area contributed by atoms with Crippen molar-refractivity contribution in [2.75, 3.05) is 7.11 Å². The highest BCUT2D eigenvalue weighted by molar-refractivity contribution is 5.37. The Hall–Kier alpha value is -1.06. The van der Waals surface area contributed by atoms with E-state index in [1.165, 1.54) is 11.1 Å². The van der Waals surface area contributed by atoms with Gasteiger partial charge in [0.15, 0.2) is 0 Å². The Morgan fingerprint density at radius 2 is 2.29 bits per heavy atom. The highest BCUT2D eigenvalue weighted by Crippen LogP contribution is 2.25. The van der Waals surface area contributed by atoms with E-state index in [1.807, 2.05) is 6.07 Å². The average Bonchev–Trinajstić information content (AvgIpc) is 2.27. The van der Waals surface area contributed by atoms with Gasteiger partial charge in [-0.2, -0.15) is 0 Å². The number of nitrogens with one attached hydrogen (secondary N) is 1. The van der Waals surface area contributed by atoms with Gasteiger partial charge in [0.25, 0.3) is 0 Å². The number of rotatable bonds is 2. The molecule has 1 aliphatic rings. The third-order valence-corrected chi connectivity index (χ3v) is 2.88. The van der Waals surface area contributed by atoms with Crippen molar-refractivity contribution in [3.05, 3.63) is 29.3 Å². The van der Waals surface area contributed by atoms with Gasteiger partial charge in [-0.25, -0.2) is 0 Å². The molecule has 1 aromatic rings. The number of benzene rings is 1. The number of nitrogens with two attached hydrogens (primary N) is 1. The Morgan fingerprint density at radius 1 is 1.43 bits per heavy atom. The summed E-state index contributed by atoms with van der Waals surface area (Å²) in [6.45, 7) is 0. The van der Waals surface area contributed by atoms with Crippen molar-refractivity contribution in [1.82, 2.24) is 5.43 Å². The van der Waals surface area contributed by atoms with Crippen molar-refractivity contribution >= 4 is 0 Å². The molecule has 0 amide bonds. The summed E-state index contributed by atoms with van der Waals surface area (Å²) in [5.41, 5.74) is 5.63. The summed E-state index contributed by atoms with van der Waals surface area (Å²) in [7, 11) is 1.70. The minimum atomic E-state index is 0.412. The standard InChI is InChI=1S/C11H16N2O/c1-14-11-5-3-8-2-4-10(13-12)6-9(8)7-11/h3,5,7,10,13H,2,4,6,12H2,1H3/t10-/m1/s1. The first kappa shape index (κ1) is 9.49. The number of fused-ring (bicyclic) bond motifs is 1. The van der Waals surface area contributed by atoms with E-state index in [0.717, 1.165) is 25.0 Å². The Morgan fingerprint density at radius 3 is 3.00 bits per heavy atom. The van der Waals surface area contributed by atoms with E-state index in [9.17, 15) is 0 Å². The molecular weight excluding hydrogens is 176 g/mol. The fourth-order valence-electron chi connectivity index (χ4n) is 2.00. The van der Waals surface area contributed by atoms with E-state index in [0.29, 0.717) is 6.04 Å². The molecule has 0 aromatic heterocycles. The van der Waals surface area contributed by atoms with Crippen LogP contribution in [-0.2, 0) is 12.8 Å². The average molecular weight is 192 g/mol. The second-order valence-electron chi connectivity index (χ2n) is 3.74. The van der Waals surface area contributed by atoms with E-state index in [1.54, 1.807) is 7.11 Å². The fourth-order valence-corrected chi connectivity index (χ4v) is 2.00. The normalized spacial score (nSPS) is 20.3. The van der Waals surface area contributed by atoms with Gasteiger partial charge in [-0.1, -0.05) is 6.07 Å². The molecule has 0 heterocycles. The molecule has 0 bridgehead atoms. The molecule has 0 saturated carbocycles. The van der Waals surface area contributed by atoms with Gasteiger partial charge in [0, 0.05) is 6.04 Å². The highest BCUT2D eigenvalue weighted by atomic mass is 16.5. The van der Waals surface area contributed by atoms with E-state index < -0.39 is 0 Å². The van der Waals surface area contributed by atoms with E-state index >= 15 is 0 Å². The van der Waals surface area contributed by atoms with Gasteiger partial charge in [0.1, 0.15) is 5.75 Å². The van der Waals surface area contributed by atoms with Crippen molar-refractivity contribution in [2.24, 2.45) is 5.84 Å². The molecule has 0 fully saturated rings. The second kappa shape index (κ2) is 3.98. The summed E-state index contributed by atoms with van der Waals surface area (Å²) in [4.78, 5) is 0. The molecule has 0 radical (unpaired) electrons. The number of ether oxygens (including phenoxy) is 1. The van der Waals surface area contributed by atoms with Gasteiger partial charge in [-0.05, 0) is 42.5 Å². The Labute approximate surface area is 84.2 Å². The maximum absolute atomic E-state index is 5.45. The zero-order valence-corrected chi connectivity index (χ0v) is 8.42. The quantitative estimate of drug-likeness (QED) is 0.543. The third-order valence-electron chi connectivity index (χ3n) is 2.88. The molecule has 1 aromatic carbocycles. The van der Waals surface area contributed by atoms with Crippen molar-refractivity contribution in [2.45, 2.75) is 25.3 Å². The Bertz CT molecular complexity index is 325. The largest absolute Gasteiger partial charge is 0.497 e. The van der Waals surface area contributed by atoms with Crippen LogP contribution in [0.4, 0.5) is 0 Å². The molecule has 0 unspecified atom stereocenters. The van der Waals surface area contributed by atoms with Gasteiger partial charge in [0.05, 0.1) is 7.11 Å². The third kappa shape index (κ3) is 1.74. The molecule has 14 heavy (non-hydrogen) atoms. The summed E-state index contributed by atoms with van der Waals surface area (Å²) in [6.07, 6.45) is 3.23. The minimum Gasteiger partial charge on any atom is -0.497 e. The minimum absolute atomic E-state index is 0.412. The van der Waals surface area contributed by atoms with Gasteiger partial charge >= 0.3 is 0 Å². The van der Waals surface area contributed by atoms with Crippen LogP contribution in [0.1, 0.15) is 17.5 Å². The number of hydrogen-bond donors (Lipinski definition) is 2. The van der Waals surface area contributed by atoms with Crippen molar-refractivity contribution < 1.29 is 4.74 Å². The first-order valence-corrected chi connectivity index (χ1v) is 4.95. The zero-order chi connectivity index (χ0) is 9.97. The predicted molar refractivity (Wildman–Crippen MR) is 56.1 cm³/mol. The maximum Gasteiger partial charge on any atom is 0.119 e. The van der Waals surface area contributed by atoms with E-state index in [2.05, 4.69) is 17.6 Å². The van der Waals surface area contributed by atoms with Crippen LogP contribution in [0, 0.1) is 0 Å². The molecule has 0 spiro atoms. The van der Waals surface area contributed by atoms with Gasteiger partial charge < -0.3 is 4.74 Å². The molecule has 3 nitrogen and oxygen atoms in total. The predicted octanol–water partition coefficient (Wildman–Crippen LogP) is 1.02. The molecule has 3 heteroatoms. The fraction of sp³-hybridized carbons (Fsp3) is 0.455. The number of hydrazine groups is 1. The lowest BCUT2D eigenvalue weighted by molar-refractivity contribution is 0.411. The lowest BCUT2D eigenvalue weighted by Gasteiger charge is -2.24. The first-order chi connectivity index (χ1) is 6.83. The molecule has 76 valence electrons. The van der Waals surface area contributed by atoms with Crippen molar-refractivity contribution in [3.63, 3.8) is 0 Å². The zero-order valence-electron chi connectivity index (χ0n) is 8.42. The lowest BCUT2D eigenvalue weighted by atomic mass is 9.88. The SMILES string of the molecule is COc1ccc2c(c1)C[C@H](NN)CC2. The van der Waals surface area contributed by atoms with Crippen LogP contribution in [0.15, 0.2) is 18.2 Å². The molecule has 1 atom stereocenters. The van der Waals surface area contributed by atoms with Crippen LogP contribution in [0.25, 0.3) is 0 Å². The summed E-state index contributed by atoms with van der Waals surface area (Å²) in [5.74, 6) is 6.38. The van der Waals surface area contributed by atoms with Crippen molar-refractivity contribution in [3.8, 4) is 5.75 Å². The first-order valence-electron chi connectivity index (χ1n) is 4.95.